The van der Waals surface area contributed by atoms with Crippen LogP contribution in [-0.4, -0.2) is 70.0 Å². The summed E-state index contributed by atoms with van der Waals surface area (Å²) in [6.45, 7) is 15.3. The van der Waals surface area contributed by atoms with E-state index < -0.39 is 24.8 Å². The van der Waals surface area contributed by atoms with Crippen LogP contribution in [0.15, 0.2) is 66.7 Å². The number of anilines is 1. The second-order valence-electron chi connectivity index (χ2n) is 17.7. The zero-order chi connectivity index (χ0) is 40.4. The number of rotatable bonds is 17. The van der Waals surface area contributed by atoms with Crippen molar-refractivity contribution in [3.63, 3.8) is 0 Å². The fraction of sp³-hybridized carbons (Fsp3) is 0.556. The highest BCUT2D eigenvalue weighted by Crippen LogP contribution is 2.65. The molecule has 3 N–H and O–H groups in total. The predicted molar refractivity (Wildman–Crippen MR) is 222 cm³/mol. The molecule has 1 saturated heterocycles. The van der Waals surface area contributed by atoms with Crippen LogP contribution in [0, 0.1) is 29.1 Å². The van der Waals surface area contributed by atoms with Crippen molar-refractivity contribution in [2.24, 2.45) is 29.1 Å². The summed E-state index contributed by atoms with van der Waals surface area (Å²) in [6, 6.07) is 20.2. The number of amides is 2. The molecule has 4 fully saturated rings. The SMILES string of the molecule is COc1cc(C[C@H](Nc2cccc(-c3ccccc3)c2)C(=O)N[C@@H](CC(C)C)C(=O)N[C@@H](CC(C)C)B2O[C@@H]3C[C@@H]4C[C@@H](C4(C)C)[C@]3(C)O2)cc(OC)c1OC. The fourth-order valence-corrected chi connectivity index (χ4v) is 9.39. The summed E-state index contributed by atoms with van der Waals surface area (Å²) < 4.78 is 30.4. The molecule has 3 aromatic rings. The van der Waals surface area contributed by atoms with Crippen molar-refractivity contribution in [2.75, 3.05) is 26.6 Å². The Labute approximate surface area is 334 Å². The van der Waals surface area contributed by atoms with Gasteiger partial charge in [-0.1, -0.05) is 84.0 Å². The molecule has 3 aliphatic carbocycles. The lowest BCUT2D eigenvalue weighted by atomic mass is 9.43. The van der Waals surface area contributed by atoms with Crippen molar-refractivity contribution in [2.45, 2.75) is 110 Å². The minimum Gasteiger partial charge on any atom is -0.493 e. The Morgan fingerprint density at radius 2 is 1.43 bits per heavy atom. The molecule has 7 atom stereocenters. The first kappa shape index (κ1) is 41.4. The summed E-state index contributed by atoms with van der Waals surface area (Å²) in [5.41, 5.74) is 3.46. The lowest BCUT2D eigenvalue weighted by Gasteiger charge is -2.64. The van der Waals surface area contributed by atoms with Gasteiger partial charge in [-0.05, 0) is 103 Å². The monoisotopic (exact) mass is 767 g/mol. The maximum absolute atomic E-state index is 14.6. The molecule has 1 heterocycles. The Bertz CT molecular complexity index is 1810. The number of ether oxygens (including phenoxy) is 3. The van der Waals surface area contributed by atoms with Gasteiger partial charge in [-0.25, -0.2) is 0 Å². The molecule has 0 radical (unpaired) electrons. The number of benzene rings is 3. The zero-order valence-corrected chi connectivity index (χ0v) is 34.9. The molecule has 10 nitrogen and oxygen atoms in total. The van der Waals surface area contributed by atoms with Gasteiger partial charge >= 0.3 is 7.12 Å². The minimum absolute atomic E-state index is 0.00410. The minimum atomic E-state index is -0.789. The lowest BCUT2D eigenvalue weighted by Crippen LogP contribution is -2.65. The van der Waals surface area contributed by atoms with Crippen molar-refractivity contribution in [1.82, 2.24) is 10.6 Å². The standard InChI is InChI=1S/C45H62BN3O7/c1-27(2)19-34(43(51)49-40(20-28(3)4)46-55-39-26-32-25-38(44(32,5)6)45(39,7)56-46)48-42(50)35(21-29-22-36(52-8)41(54-10)37(23-29)53-9)47-33-18-14-17-31(24-33)30-15-12-11-13-16-30/h11-18,22-24,27-28,32,34-35,38-40,47H,19-21,25-26H2,1-10H3,(H,48,50)(H,49,51)/t32-,34-,35-,38-,39+,40-,45-/m0/s1. The first-order valence-electron chi connectivity index (χ1n) is 20.3. The zero-order valence-electron chi connectivity index (χ0n) is 34.9. The molecule has 7 rings (SSSR count). The molecule has 3 saturated carbocycles. The maximum atomic E-state index is 14.6. The smallest absolute Gasteiger partial charge is 0.481 e. The quantitative estimate of drug-likeness (QED) is 0.120. The second-order valence-corrected chi connectivity index (χ2v) is 17.7. The Hall–Kier alpha value is -4.22. The molecule has 0 unspecified atom stereocenters. The van der Waals surface area contributed by atoms with Crippen LogP contribution < -0.4 is 30.2 Å². The van der Waals surface area contributed by atoms with Crippen molar-refractivity contribution in [1.29, 1.82) is 0 Å². The molecular formula is C45H62BN3O7. The summed E-state index contributed by atoms with van der Waals surface area (Å²) in [6.07, 6.45) is 3.54. The van der Waals surface area contributed by atoms with Crippen molar-refractivity contribution >= 4 is 24.6 Å². The first-order chi connectivity index (χ1) is 26.7. The maximum Gasteiger partial charge on any atom is 0.481 e. The first-order valence-corrected chi connectivity index (χ1v) is 20.3. The Morgan fingerprint density at radius 1 is 0.786 bits per heavy atom. The van der Waals surface area contributed by atoms with E-state index in [4.69, 9.17) is 23.5 Å². The Kier molecular flexibility index (Phi) is 12.7. The highest BCUT2D eigenvalue weighted by Gasteiger charge is 2.68. The molecule has 2 bridgehead atoms. The number of nitrogens with one attached hydrogen (secondary N) is 3. The van der Waals surface area contributed by atoms with Gasteiger partial charge in [-0.3, -0.25) is 9.59 Å². The third-order valence-corrected chi connectivity index (χ3v) is 12.5. The normalized spacial score (nSPS) is 23.7. The van der Waals surface area contributed by atoms with Crippen LogP contribution in [0.4, 0.5) is 5.69 Å². The molecule has 0 aromatic heterocycles. The Morgan fingerprint density at radius 3 is 2.04 bits per heavy atom. The van der Waals surface area contributed by atoms with Crippen molar-refractivity contribution in [3.05, 3.63) is 72.3 Å². The van der Waals surface area contributed by atoms with Crippen LogP contribution in [0.25, 0.3) is 11.1 Å². The van der Waals surface area contributed by atoms with Gasteiger partial charge in [-0.15, -0.1) is 0 Å². The third kappa shape index (κ3) is 8.69. The van der Waals surface area contributed by atoms with Gasteiger partial charge < -0.3 is 39.5 Å². The van der Waals surface area contributed by atoms with E-state index >= 15 is 0 Å². The molecule has 11 heteroatoms. The van der Waals surface area contributed by atoms with Crippen LogP contribution in [0.2, 0.25) is 0 Å². The van der Waals surface area contributed by atoms with E-state index in [2.05, 4.69) is 76.5 Å². The summed E-state index contributed by atoms with van der Waals surface area (Å²) in [7, 11) is 4.14. The second kappa shape index (κ2) is 17.1. The van der Waals surface area contributed by atoms with Gasteiger partial charge in [0.15, 0.2) is 11.5 Å². The summed E-state index contributed by atoms with van der Waals surface area (Å²) in [5.74, 6) is 1.99. The van der Waals surface area contributed by atoms with Gasteiger partial charge in [0.05, 0.1) is 39.0 Å². The van der Waals surface area contributed by atoms with Gasteiger partial charge in [0.1, 0.15) is 12.1 Å². The van der Waals surface area contributed by atoms with E-state index in [1.54, 1.807) is 21.3 Å². The summed E-state index contributed by atoms with van der Waals surface area (Å²) in [5, 5.41) is 9.98. The van der Waals surface area contributed by atoms with Crippen LogP contribution in [-0.2, 0) is 25.3 Å². The van der Waals surface area contributed by atoms with Crippen molar-refractivity contribution in [3.8, 4) is 28.4 Å². The molecule has 4 aliphatic rings. The Balaban J connectivity index is 1.25. The van der Waals surface area contributed by atoms with Gasteiger partial charge in [-0.2, -0.15) is 0 Å². The third-order valence-electron chi connectivity index (χ3n) is 12.5. The number of methoxy groups -OCH3 is 3. The van der Waals surface area contributed by atoms with Crippen LogP contribution in [0.3, 0.4) is 0 Å². The van der Waals surface area contributed by atoms with E-state index in [0.717, 1.165) is 35.2 Å². The molecular weight excluding hydrogens is 705 g/mol. The van der Waals surface area contributed by atoms with E-state index in [1.807, 2.05) is 54.6 Å². The highest BCUT2D eigenvalue weighted by molar-refractivity contribution is 6.48. The fourth-order valence-electron chi connectivity index (χ4n) is 9.39. The molecule has 2 amide bonds. The number of carbonyl (C=O) groups excluding carboxylic acids is 2. The van der Waals surface area contributed by atoms with E-state index in [-0.39, 0.29) is 47.5 Å². The lowest BCUT2D eigenvalue weighted by molar-refractivity contribution is -0.199. The molecule has 0 spiro atoms. The van der Waals surface area contributed by atoms with E-state index in [0.29, 0.717) is 41.9 Å². The van der Waals surface area contributed by atoms with Crippen LogP contribution >= 0.6 is 0 Å². The predicted octanol–water partition coefficient (Wildman–Crippen LogP) is 7.73. The average molecular weight is 768 g/mol. The molecule has 56 heavy (non-hydrogen) atoms. The largest absolute Gasteiger partial charge is 0.493 e. The molecule has 3 aromatic carbocycles. The van der Waals surface area contributed by atoms with E-state index in [9.17, 15) is 9.59 Å². The molecule has 302 valence electrons. The highest BCUT2D eigenvalue weighted by atomic mass is 16.7. The average Bonchev–Trinajstić information content (AvgIpc) is 3.54. The van der Waals surface area contributed by atoms with Crippen LogP contribution in [0.5, 0.6) is 17.2 Å². The summed E-state index contributed by atoms with van der Waals surface area (Å²) >= 11 is 0. The van der Waals surface area contributed by atoms with Gasteiger partial charge in [0.2, 0.25) is 17.6 Å². The number of hydrogen-bond donors (Lipinski definition) is 3. The van der Waals surface area contributed by atoms with Gasteiger partial charge in [0, 0.05) is 12.1 Å². The topological polar surface area (TPSA) is 116 Å². The van der Waals surface area contributed by atoms with Crippen LogP contribution in [0.1, 0.15) is 79.7 Å². The van der Waals surface area contributed by atoms with E-state index in [1.165, 1.54) is 0 Å². The molecule has 1 aliphatic heterocycles. The summed E-state index contributed by atoms with van der Waals surface area (Å²) in [4.78, 5) is 29.0. The van der Waals surface area contributed by atoms with Gasteiger partial charge in [0.25, 0.3) is 0 Å². The van der Waals surface area contributed by atoms with Crippen molar-refractivity contribution < 1.29 is 33.1 Å². The number of carbonyl (C=O) groups is 2. The number of hydrogen-bond acceptors (Lipinski definition) is 8.